The van der Waals surface area contributed by atoms with Crippen LogP contribution in [0, 0.1) is 0 Å². The normalized spacial score (nSPS) is 9.27. The zero-order valence-corrected chi connectivity index (χ0v) is 7.51. The summed E-state index contributed by atoms with van der Waals surface area (Å²) in [6, 6.07) is 3.42. The lowest BCUT2D eigenvalue weighted by Crippen LogP contribution is -2.17. The summed E-state index contributed by atoms with van der Waals surface area (Å²) in [4.78, 5) is 13.6. The van der Waals surface area contributed by atoms with Gasteiger partial charge in [0.25, 0.3) is 5.69 Å². The topological polar surface area (TPSA) is 40.4 Å². The quantitative estimate of drug-likeness (QED) is 0.659. The number of hydrogen-bond acceptors (Lipinski definition) is 2. The average molecular weight is 217 g/mol. The summed E-state index contributed by atoms with van der Waals surface area (Å²) in [5.74, 6) is -0.363. The molecule has 0 unspecified atom stereocenters. The van der Waals surface area contributed by atoms with E-state index in [4.69, 9.17) is 0 Å². The van der Waals surface area contributed by atoms with Crippen molar-refractivity contribution in [2.45, 2.75) is 0 Å². The molecule has 1 aromatic rings. The van der Waals surface area contributed by atoms with Gasteiger partial charge in [-0.3, -0.25) is 0 Å². The van der Waals surface area contributed by atoms with Crippen LogP contribution >= 0.6 is 15.9 Å². The highest BCUT2D eigenvalue weighted by atomic mass is 79.9. The van der Waals surface area contributed by atoms with Gasteiger partial charge in [-0.2, -0.15) is 0 Å². The van der Waals surface area contributed by atoms with Gasteiger partial charge < -0.3 is 4.74 Å². The fourth-order valence-corrected chi connectivity index (χ4v) is 0.889. The number of carbonyl (C=O) groups is 1. The van der Waals surface area contributed by atoms with Crippen LogP contribution in [0.1, 0.15) is 10.5 Å². The van der Waals surface area contributed by atoms with Gasteiger partial charge in [-0.15, -0.1) is 0 Å². The molecule has 11 heavy (non-hydrogen) atoms. The van der Waals surface area contributed by atoms with E-state index in [0.717, 1.165) is 4.47 Å². The van der Waals surface area contributed by atoms with Crippen molar-refractivity contribution in [3.05, 3.63) is 28.5 Å². The molecule has 0 aliphatic carbocycles. The van der Waals surface area contributed by atoms with Crippen molar-refractivity contribution in [1.29, 1.82) is 0 Å². The Balaban J connectivity index is 2.90. The Kier molecular flexibility index (Phi) is 2.59. The molecule has 0 aromatic carbocycles. The number of hydrogen-bond donors (Lipinski definition) is 0. The minimum Gasteiger partial charge on any atom is -0.461 e. The molecule has 1 aromatic heterocycles. The minimum absolute atomic E-state index is 0.363. The Morgan fingerprint density at radius 1 is 1.64 bits per heavy atom. The fourth-order valence-electron chi connectivity index (χ4n) is 0.643. The SMILES string of the molecule is COC(=O)c1ccc(Br)c[nH+]1. The number of nitrogens with one attached hydrogen (secondary N) is 1. The summed E-state index contributed by atoms with van der Waals surface area (Å²) in [6.45, 7) is 0. The molecule has 0 saturated carbocycles. The van der Waals surface area contributed by atoms with Gasteiger partial charge in [-0.1, -0.05) is 0 Å². The molecule has 4 heteroatoms. The predicted octanol–water partition coefficient (Wildman–Crippen LogP) is 1.05. The van der Waals surface area contributed by atoms with E-state index in [1.807, 2.05) is 0 Å². The van der Waals surface area contributed by atoms with Crippen molar-refractivity contribution >= 4 is 21.9 Å². The summed E-state index contributed by atoms with van der Waals surface area (Å²) in [6.07, 6.45) is 1.67. The van der Waals surface area contributed by atoms with Gasteiger partial charge in [0, 0.05) is 6.07 Å². The van der Waals surface area contributed by atoms with E-state index in [1.54, 1.807) is 18.3 Å². The second-order valence-corrected chi connectivity index (χ2v) is 2.83. The number of aromatic amines is 1. The highest BCUT2D eigenvalue weighted by Crippen LogP contribution is 2.04. The Morgan fingerprint density at radius 3 is 2.82 bits per heavy atom. The van der Waals surface area contributed by atoms with Crippen LogP contribution in [0.4, 0.5) is 0 Å². The van der Waals surface area contributed by atoms with Crippen LogP contribution in [0.15, 0.2) is 22.8 Å². The maximum Gasteiger partial charge on any atom is 0.403 e. The largest absolute Gasteiger partial charge is 0.461 e. The van der Waals surface area contributed by atoms with E-state index in [2.05, 4.69) is 25.7 Å². The summed E-state index contributed by atoms with van der Waals surface area (Å²) in [7, 11) is 1.35. The number of H-pyrrole nitrogens is 1. The Hall–Kier alpha value is -0.900. The molecule has 0 fully saturated rings. The lowest BCUT2D eigenvalue weighted by atomic mass is 10.4. The monoisotopic (exact) mass is 216 g/mol. The maximum absolute atomic E-state index is 10.9. The third-order valence-corrected chi connectivity index (χ3v) is 1.67. The summed E-state index contributed by atoms with van der Waals surface area (Å²) < 4.78 is 5.38. The van der Waals surface area contributed by atoms with Crippen LogP contribution in [-0.2, 0) is 4.74 Å². The summed E-state index contributed by atoms with van der Waals surface area (Å²) in [5.41, 5.74) is 0.440. The van der Waals surface area contributed by atoms with E-state index < -0.39 is 0 Å². The third kappa shape index (κ3) is 2.01. The molecule has 0 aliphatic heterocycles. The maximum atomic E-state index is 10.9. The molecule has 1 rings (SSSR count). The second kappa shape index (κ2) is 3.48. The molecule has 0 radical (unpaired) electrons. The molecular formula is C7H7BrNO2+. The van der Waals surface area contributed by atoms with Crippen LogP contribution in [0.5, 0.6) is 0 Å². The van der Waals surface area contributed by atoms with Crippen molar-refractivity contribution in [2.24, 2.45) is 0 Å². The number of ether oxygens (including phenoxy) is 1. The highest BCUT2D eigenvalue weighted by molar-refractivity contribution is 9.10. The highest BCUT2D eigenvalue weighted by Gasteiger charge is 2.11. The lowest BCUT2D eigenvalue weighted by Gasteiger charge is -1.90. The first-order valence-corrected chi connectivity index (χ1v) is 3.79. The molecule has 0 spiro atoms. The molecule has 0 saturated heterocycles. The molecule has 0 amide bonds. The van der Waals surface area contributed by atoms with E-state index >= 15 is 0 Å². The first kappa shape index (κ1) is 8.20. The van der Waals surface area contributed by atoms with Crippen molar-refractivity contribution in [1.82, 2.24) is 0 Å². The van der Waals surface area contributed by atoms with Crippen LogP contribution < -0.4 is 4.98 Å². The van der Waals surface area contributed by atoms with Crippen LogP contribution in [-0.4, -0.2) is 13.1 Å². The van der Waals surface area contributed by atoms with Gasteiger partial charge in [0.1, 0.15) is 0 Å². The van der Waals surface area contributed by atoms with Crippen molar-refractivity contribution < 1.29 is 14.5 Å². The second-order valence-electron chi connectivity index (χ2n) is 1.91. The zero-order valence-electron chi connectivity index (χ0n) is 5.93. The number of halogens is 1. The Bertz CT molecular complexity index is 258. The number of carbonyl (C=O) groups excluding carboxylic acids is 1. The first-order chi connectivity index (χ1) is 5.24. The minimum atomic E-state index is -0.363. The van der Waals surface area contributed by atoms with E-state index in [1.165, 1.54) is 7.11 Å². The fraction of sp³-hybridized carbons (Fsp3) is 0.143. The van der Waals surface area contributed by atoms with E-state index in [9.17, 15) is 4.79 Å². The number of rotatable bonds is 1. The number of aromatic nitrogens is 1. The Morgan fingerprint density at radius 2 is 2.36 bits per heavy atom. The molecular weight excluding hydrogens is 210 g/mol. The van der Waals surface area contributed by atoms with Gasteiger partial charge in [-0.05, 0) is 22.0 Å². The van der Waals surface area contributed by atoms with E-state index in [-0.39, 0.29) is 5.97 Å². The average Bonchev–Trinajstić information content (AvgIpc) is 2.05. The van der Waals surface area contributed by atoms with Gasteiger partial charge in [-0.25, -0.2) is 9.78 Å². The molecule has 3 nitrogen and oxygen atoms in total. The van der Waals surface area contributed by atoms with Gasteiger partial charge in [0.05, 0.1) is 11.6 Å². The standard InChI is InChI=1S/C7H6BrNO2/c1-11-7(10)6-3-2-5(8)4-9-6/h2-4H,1H3/p+1. The lowest BCUT2D eigenvalue weighted by molar-refractivity contribution is -0.384. The van der Waals surface area contributed by atoms with Crippen molar-refractivity contribution in [3.63, 3.8) is 0 Å². The van der Waals surface area contributed by atoms with Crippen molar-refractivity contribution in [3.8, 4) is 0 Å². The van der Waals surface area contributed by atoms with Crippen LogP contribution in [0.3, 0.4) is 0 Å². The Labute approximate surface area is 72.5 Å². The van der Waals surface area contributed by atoms with Crippen molar-refractivity contribution in [2.75, 3.05) is 7.11 Å². The molecule has 0 atom stereocenters. The van der Waals surface area contributed by atoms with E-state index in [0.29, 0.717) is 5.69 Å². The number of esters is 1. The van der Waals surface area contributed by atoms with Gasteiger partial charge in [0.2, 0.25) is 0 Å². The van der Waals surface area contributed by atoms with Gasteiger partial charge in [0.15, 0.2) is 6.20 Å². The third-order valence-electron chi connectivity index (χ3n) is 1.18. The zero-order chi connectivity index (χ0) is 8.27. The van der Waals surface area contributed by atoms with Crippen LogP contribution in [0.25, 0.3) is 0 Å². The summed E-state index contributed by atoms with van der Waals surface area (Å²) in [5, 5.41) is 0. The first-order valence-electron chi connectivity index (χ1n) is 2.99. The molecule has 0 aliphatic rings. The van der Waals surface area contributed by atoms with Gasteiger partial charge >= 0.3 is 5.97 Å². The smallest absolute Gasteiger partial charge is 0.403 e. The molecule has 58 valence electrons. The number of pyridine rings is 1. The predicted molar refractivity (Wildman–Crippen MR) is 42.0 cm³/mol. The summed E-state index contributed by atoms with van der Waals surface area (Å²) >= 11 is 3.23. The van der Waals surface area contributed by atoms with Crippen LogP contribution in [0.2, 0.25) is 0 Å². The molecule has 1 N–H and O–H groups in total. The molecule has 0 bridgehead atoms. The number of methoxy groups -OCH3 is 1. The molecule has 1 heterocycles.